The quantitative estimate of drug-likeness (QED) is 0.730. The number of hydrogen-bond donors (Lipinski definition) is 2. The van der Waals surface area contributed by atoms with Crippen LogP contribution in [0.1, 0.15) is 16.1 Å². The summed E-state index contributed by atoms with van der Waals surface area (Å²) in [7, 11) is 0. The first kappa shape index (κ1) is 8.74. The van der Waals surface area contributed by atoms with Gasteiger partial charge in [0.15, 0.2) is 5.82 Å². The molecule has 0 amide bonds. The second-order valence-electron chi connectivity index (χ2n) is 3.13. The van der Waals surface area contributed by atoms with Crippen molar-refractivity contribution in [2.24, 2.45) is 0 Å². The number of hydrogen-bond acceptors (Lipinski definition) is 1. The average molecular weight is 193 g/mol. The van der Waals surface area contributed by atoms with Crippen molar-refractivity contribution in [3.63, 3.8) is 0 Å². The van der Waals surface area contributed by atoms with Crippen molar-refractivity contribution in [2.45, 2.75) is 6.92 Å². The molecule has 1 aromatic heterocycles. The number of aromatic amines is 1. The molecule has 0 aliphatic carbocycles. The third-order valence-electron chi connectivity index (χ3n) is 2.15. The molecule has 0 radical (unpaired) electrons. The molecule has 0 unspecified atom stereocenters. The number of halogens is 1. The molecule has 3 nitrogen and oxygen atoms in total. The number of aromatic nitrogens is 1. The van der Waals surface area contributed by atoms with Crippen LogP contribution in [0.25, 0.3) is 10.9 Å². The number of aryl methyl sites for hydroxylation is 1. The van der Waals surface area contributed by atoms with Crippen LogP contribution < -0.4 is 0 Å². The Morgan fingerprint density at radius 2 is 2.21 bits per heavy atom. The molecule has 0 spiro atoms. The van der Waals surface area contributed by atoms with Crippen molar-refractivity contribution in [3.05, 3.63) is 35.3 Å². The van der Waals surface area contributed by atoms with Gasteiger partial charge in [-0.25, -0.2) is 9.18 Å². The highest BCUT2D eigenvalue weighted by atomic mass is 19.1. The van der Waals surface area contributed by atoms with Crippen LogP contribution in [0.5, 0.6) is 0 Å². The summed E-state index contributed by atoms with van der Waals surface area (Å²) in [6, 6.07) is 4.34. The molecule has 0 atom stereocenters. The van der Waals surface area contributed by atoms with E-state index in [1.807, 2.05) is 0 Å². The van der Waals surface area contributed by atoms with Crippen molar-refractivity contribution in [2.75, 3.05) is 0 Å². The monoisotopic (exact) mass is 193 g/mol. The summed E-state index contributed by atoms with van der Waals surface area (Å²) in [4.78, 5) is 13.5. The van der Waals surface area contributed by atoms with E-state index in [-0.39, 0.29) is 11.4 Å². The summed E-state index contributed by atoms with van der Waals surface area (Å²) in [5.74, 6) is -1.44. The molecule has 0 saturated carbocycles. The minimum absolute atomic E-state index is 0.0930. The highest BCUT2D eigenvalue weighted by Crippen LogP contribution is 2.21. The summed E-state index contributed by atoms with van der Waals surface area (Å²) in [6.45, 7) is 1.61. The molecule has 2 aromatic rings. The number of aromatic carboxylic acids is 1. The number of carbonyl (C=O) groups is 1. The molecule has 0 saturated heterocycles. The van der Waals surface area contributed by atoms with Gasteiger partial charge in [0.05, 0.1) is 5.56 Å². The minimum atomic E-state index is -1.05. The van der Waals surface area contributed by atoms with E-state index >= 15 is 0 Å². The van der Waals surface area contributed by atoms with E-state index in [1.54, 1.807) is 13.0 Å². The standard InChI is InChI=1S/C10H8FNO2/c1-5-9(11)7-4-6(10(13)14)2-3-8(7)12-5/h2-4,12H,1H3,(H,13,14). The molecule has 0 aliphatic heterocycles. The molecule has 2 rings (SSSR count). The van der Waals surface area contributed by atoms with Crippen molar-refractivity contribution < 1.29 is 14.3 Å². The fraction of sp³-hybridized carbons (Fsp3) is 0.100. The summed E-state index contributed by atoms with van der Waals surface area (Å²) in [6.07, 6.45) is 0. The number of benzene rings is 1. The zero-order valence-electron chi connectivity index (χ0n) is 7.47. The second-order valence-corrected chi connectivity index (χ2v) is 3.13. The van der Waals surface area contributed by atoms with Crippen LogP contribution in [0.15, 0.2) is 18.2 Å². The number of H-pyrrole nitrogens is 1. The normalized spacial score (nSPS) is 10.7. The Bertz CT molecular complexity index is 516. The number of carboxylic acid groups (broad SMARTS) is 1. The lowest BCUT2D eigenvalue weighted by atomic mass is 10.1. The van der Waals surface area contributed by atoms with Crippen LogP contribution in [-0.4, -0.2) is 16.1 Å². The van der Waals surface area contributed by atoms with Gasteiger partial charge in [0, 0.05) is 16.6 Å². The van der Waals surface area contributed by atoms with Crippen molar-refractivity contribution in [1.82, 2.24) is 4.98 Å². The fourth-order valence-electron chi connectivity index (χ4n) is 1.43. The third-order valence-corrected chi connectivity index (χ3v) is 2.15. The summed E-state index contributed by atoms with van der Waals surface area (Å²) >= 11 is 0. The molecule has 2 N–H and O–H groups in total. The van der Waals surface area contributed by atoms with E-state index in [0.29, 0.717) is 16.6 Å². The van der Waals surface area contributed by atoms with Crippen molar-refractivity contribution in [1.29, 1.82) is 0 Å². The van der Waals surface area contributed by atoms with Crippen molar-refractivity contribution in [3.8, 4) is 0 Å². The molecule has 0 aliphatic rings. The van der Waals surface area contributed by atoms with Gasteiger partial charge in [0.1, 0.15) is 0 Å². The summed E-state index contributed by atoms with van der Waals surface area (Å²) in [5, 5.41) is 9.03. The van der Waals surface area contributed by atoms with E-state index in [9.17, 15) is 9.18 Å². The summed E-state index contributed by atoms with van der Waals surface area (Å²) < 4.78 is 13.4. The van der Waals surface area contributed by atoms with Crippen LogP contribution >= 0.6 is 0 Å². The average Bonchev–Trinajstić information content (AvgIpc) is 2.43. The summed E-state index contributed by atoms with van der Waals surface area (Å²) in [5.41, 5.74) is 1.13. The number of rotatable bonds is 1. The smallest absolute Gasteiger partial charge is 0.335 e. The Hall–Kier alpha value is -1.84. The topological polar surface area (TPSA) is 53.1 Å². The van der Waals surface area contributed by atoms with Crippen LogP contribution in [0, 0.1) is 12.7 Å². The number of carboxylic acids is 1. The molecular formula is C10H8FNO2. The lowest BCUT2D eigenvalue weighted by molar-refractivity contribution is 0.0697. The fourth-order valence-corrected chi connectivity index (χ4v) is 1.43. The van der Waals surface area contributed by atoms with Gasteiger partial charge in [-0.2, -0.15) is 0 Å². The molecule has 0 bridgehead atoms. The van der Waals surface area contributed by atoms with Gasteiger partial charge >= 0.3 is 5.97 Å². The minimum Gasteiger partial charge on any atom is -0.478 e. The van der Waals surface area contributed by atoms with E-state index in [1.165, 1.54) is 12.1 Å². The molecule has 1 aromatic carbocycles. The van der Waals surface area contributed by atoms with Gasteiger partial charge in [-0.1, -0.05) is 0 Å². The molecule has 4 heteroatoms. The van der Waals surface area contributed by atoms with E-state index in [4.69, 9.17) is 5.11 Å². The van der Waals surface area contributed by atoms with E-state index in [2.05, 4.69) is 4.98 Å². The molecule has 0 fully saturated rings. The maximum absolute atomic E-state index is 13.4. The van der Waals surface area contributed by atoms with Gasteiger partial charge in [-0.3, -0.25) is 0 Å². The first-order valence-electron chi connectivity index (χ1n) is 4.10. The Labute approximate surface area is 79.2 Å². The maximum atomic E-state index is 13.4. The van der Waals surface area contributed by atoms with E-state index in [0.717, 1.165) is 0 Å². The predicted molar refractivity (Wildman–Crippen MR) is 50.0 cm³/mol. The SMILES string of the molecule is Cc1[nH]c2ccc(C(=O)O)cc2c1F. The Kier molecular flexibility index (Phi) is 1.77. The molecule has 1 heterocycles. The largest absolute Gasteiger partial charge is 0.478 e. The van der Waals surface area contributed by atoms with Gasteiger partial charge < -0.3 is 10.1 Å². The Morgan fingerprint density at radius 3 is 2.86 bits per heavy atom. The number of fused-ring (bicyclic) bond motifs is 1. The van der Waals surface area contributed by atoms with Crippen LogP contribution in [-0.2, 0) is 0 Å². The highest BCUT2D eigenvalue weighted by molar-refractivity contribution is 5.93. The van der Waals surface area contributed by atoms with Crippen LogP contribution in [0.3, 0.4) is 0 Å². The molecule has 14 heavy (non-hydrogen) atoms. The van der Waals surface area contributed by atoms with Gasteiger partial charge in [-0.15, -0.1) is 0 Å². The van der Waals surface area contributed by atoms with Crippen LogP contribution in [0.4, 0.5) is 4.39 Å². The van der Waals surface area contributed by atoms with Crippen molar-refractivity contribution >= 4 is 16.9 Å². The first-order valence-corrected chi connectivity index (χ1v) is 4.10. The van der Waals surface area contributed by atoms with Gasteiger partial charge in [-0.05, 0) is 25.1 Å². The molecular weight excluding hydrogens is 185 g/mol. The Morgan fingerprint density at radius 1 is 1.50 bits per heavy atom. The molecule has 72 valence electrons. The lowest BCUT2D eigenvalue weighted by Crippen LogP contribution is -1.94. The van der Waals surface area contributed by atoms with E-state index < -0.39 is 5.97 Å². The number of nitrogens with one attached hydrogen (secondary N) is 1. The first-order chi connectivity index (χ1) is 6.59. The van der Waals surface area contributed by atoms with Gasteiger partial charge in [0.25, 0.3) is 0 Å². The highest BCUT2D eigenvalue weighted by Gasteiger charge is 2.10. The lowest BCUT2D eigenvalue weighted by Gasteiger charge is -1.93. The predicted octanol–water partition coefficient (Wildman–Crippen LogP) is 2.31. The zero-order valence-corrected chi connectivity index (χ0v) is 7.47. The maximum Gasteiger partial charge on any atom is 0.335 e. The third kappa shape index (κ3) is 1.16. The van der Waals surface area contributed by atoms with Gasteiger partial charge in [0.2, 0.25) is 0 Å². The van der Waals surface area contributed by atoms with Crippen LogP contribution in [0.2, 0.25) is 0 Å². The Balaban J connectivity index is 2.76. The zero-order chi connectivity index (χ0) is 10.3. The second kappa shape index (κ2) is 2.83.